The van der Waals surface area contributed by atoms with Crippen molar-refractivity contribution in [3.8, 4) is 0 Å². The Bertz CT molecular complexity index is 395. The van der Waals surface area contributed by atoms with E-state index in [0.29, 0.717) is 12.1 Å². The summed E-state index contributed by atoms with van der Waals surface area (Å²) in [5.74, 6) is 0. The second kappa shape index (κ2) is 4.02. The highest BCUT2D eigenvalue weighted by Crippen LogP contribution is 2.39. The molecular formula is C15H21NO. The van der Waals surface area contributed by atoms with E-state index in [1.807, 2.05) is 0 Å². The number of anilines is 1. The SMILES string of the molecule is Cc1cc(C)cc(N2C3CCC2CC(O)C3)c1. The van der Waals surface area contributed by atoms with Crippen molar-refractivity contribution in [2.24, 2.45) is 0 Å². The second-order valence-electron chi connectivity index (χ2n) is 5.76. The van der Waals surface area contributed by atoms with Gasteiger partial charge in [0.1, 0.15) is 0 Å². The Morgan fingerprint density at radius 1 is 1.00 bits per heavy atom. The predicted molar refractivity (Wildman–Crippen MR) is 70.4 cm³/mol. The van der Waals surface area contributed by atoms with E-state index in [1.165, 1.54) is 29.7 Å². The molecule has 2 nitrogen and oxygen atoms in total. The highest BCUT2D eigenvalue weighted by Gasteiger charge is 2.40. The van der Waals surface area contributed by atoms with Gasteiger partial charge in [-0.25, -0.2) is 0 Å². The van der Waals surface area contributed by atoms with Crippen LogP contribution < -0.4 is 4.90 Å². The van der Waals surface area contributed by atoms with Gasteiger partial charge in [-0.3, -0.25) is 0 Å². The first kappa shape index (κ1) is 11.1. The van der Waals surface area contributed by atoms with Crippen LogP contribution in [0.5, 0.6) is 0 Å². The Morgan fingerprint density at radius 3 is 2.06 bits per heavy atom. The van der Waals surface area contributed by atoms with E-state index in [1.54, 1.807) is 0 Å². The first-order chi connectivity index (χ1) is 8.13. The van der Waals surface area contributed by atoms with E-state index in [4.69, 9.17) is 0 Å². The molecule has 2 heteroatoms. The van der Waals surface area contributed by atoms with Crippen molar-refractivity contribution in [3.05, 3.63) is 29.3 Å². The average molecular weight is 231 g/mol. The summed E-state index contributed by atoms with van der Waals surface area (Å²) in [6, 6.07) is 7.92. The zero-order chi connectivity index (χ0) is 12.0. The van der Waals surface area contributed by atoms with Gasteiger partial charge in [0.25, 0.3) is 0 Å². The van der Waals surface area contributed by atoms with Gasteiger partial charge in [-0.05, 0) is 62.8 Å². The lowest BCUT2D eigenvalue weighted by Gasteiger charge is -2.39. The van der Waals surface area contributed by atoms with Gasteiger partial charge in [-0.1, -0.05) is 6.07 Å². The summed E-state index contributed by atoms with van der Waals surface area (Å²) < 4.78 is 0. The first-order valence-electron chi connectivity index (χ1n) is 6.68. The minimum absolute atomic E-state index is 0.0744. The highest BCUT2D eigenvalue weighted by atomic mass is 16.3. The van der Waals surface area contributed by atoms with Crippen molar-refractivity contribution < 1.29 is 5.11 Å². The number of rotatable bonds is 1. The van der Waals surface area contributed by atoms with Crippen molar-refractivity contribution in [2.45, 2.75) is 57.7 Å². The summed E-state index contributed by atoms with van der Waals surface area (Å²) in [7, 11) is 0. The number of benzene rings is 1. The molecule has 2 heterocycles. The summed E-state index contributed by atoms with van der Waals surface area (Å²) >= 11 is 0. The number of aryl methyl sites for hydroxylation is 2. The minimum atomic E-state index is -0.0744. The molecule has 3 rings (SSSR count). The molecular weight excluding hydrogens is 210 g/mol. The summed E-state index contributed by atoms with van der Waals surface area (Å²) in [5, 5.41) is 9.84. The number of nitrogens with zero attached hydrogens (tertiary/aromatic N) is 1. The lowest BCUT2D eigenvalue weighted by molar-refractivity contribution is 0.126. The zero-order valence-electron chi connectivity index (χ0n) is 10.7. The third kappa shape index (κ3) is 1.95. The van der Waals surface area contributed by atoms with Crippen LogP contribution in [0, 0.1) is 13.8 Å². The first-order valence-corrected chi connectivity index (χ1v) is 6.68. The predicted octanol–water partition coefficient (Wildman–Crippen LogP) is 2.80. The zero-order valence-corrected chi connectivity index (χ0v) is 10.7. The molecule has 2 atom stereocenters. The van der Waals surface area contributed by atoms with E-state index in [9.17, 15) is 5.11 Å². The standard InChI is InChI=1S/C15H21NO/c1-10-5-11(2)7-14(6-10)16-12-3-4-13(16)9-15(17)8-12/h5-7,12-13,15,17H,3-4,8-9H2,1-2H3. The maximum atomic E-state index is 9.84. The molecule has 1 aromatic carbocycles. The molecule has 1 aromatic rings. The Morgan fingerprint density at radius 2 is 1.53 bits per heavy atom. The molecule has 2 fully saturated rings. The lowest BCUT2D eigenvalue weighted by atomic mass is 9.98. The molecule has 2 unspecified atom stereocenters. The Balaban J connectivity index is 1.94. The molecule has 2 aliphatic rings. The van der Waals surface area contributed by atoms with E-state index in [-0.39, 0.29) is 6.10 Å². The van der Waals surface area contributed by atoms with Crippen molar-refractivity contribution >= 4 is 5.69 Å². The molecule has 0 aromatic heterocycles. The van der Waals surface area contributed by atoms with Crippen LogP contribution in [0.25, 0.3) is 0 Å². The topological polar surface area (TPSA) is 23.5 Å². The molecule has 17 heavy (non-hydrogen) atoms. The third-order valence-electron chi connectivity index (χ3n) is 4.21. The van der Waals surface area contributed by atoms with E-state index < -0.39 is 0 Å². The average Bonchev–Trinajstić information content (AvgIpc) is 2.50. The van der Waals surface area contributed by atoms with Crippen molar-refractivity contribution in [1.29, 1.82) is 0 Å². The molecule has 2 bridgehead atoms. The molecule has 0 amide bonds. The summed E-state index contributed by atoms with van der Waals surface area (Å²) in [4.78, 5) is 2.56. The van der Waals surface area contributed by atoms with E-state index >= 15 is 0 Å². The lowest BCUT2D eigenvalue weighted by Crippen LogP contribution is -2.44. The van der Waals surface area contributed by atoms with Gasteiger partial charge < -0.3 is 10.0 Å². The van der Waals surface area contributed by atoms with Gasteiger partial charge in [-0.2, -0.15) is 0 Å². The molecule has 0 aliphatic carbocycles. The molecule has 92 valence electrons. The van der Waals surface area contributed by atoms with Crippen LogP contribution in [0.1, 0.15) is 36.8 Å². The van der Waals surface area contributed by atoms with Crippen molar-refractivity contribution in [3.63, 3.8) is 0 Å². The van der Waals surface area contributed by atoms with Gasteiger partial charge in [-0.15, -0.1) is 0 Å². The second-order valence-corrected chi connectivity index (χ2v) is 5.76. The fourth-order valence-corrected chi connectivity index (χ4v) is 3.67. The van der Waals surface area contributed by atoms with Crippen LogP contribution in [-0.4, -0.2) is 23.3 Å². The number of fused-ring (bicyclic) bond motifs is 2. The number of aliphatic hydroxyl groups is 1. The molecule has 0 radical (unpaired) electrons. The van der Waals surface area contributed by atoms with Gasteiger partial charge >= 0.3 is 0 Å². The van der Waals surface area contributed by atoms with Crippen molar-refractivity contribution in [1.82, 2.24) is 0 Å². The molecule has 0 saturated carbocycles. The molecule has 2 saturated heterocycles. The van der Waals surface area contributed by atoms with Gasteiger partial charge in [0, 0.05) is 17.8 Å². The van der Waals surface area contributed by atoms with E-state index in [2.05, 4.69) is 36.9 Å². The summed E-state index contributed by atoms with van der Waals surface area (Å²) in [6.07, 6.45) is 4.31. The smallest absolute Gasteiger partial charge is 0.0579 e. The summed E-state index contributed by atoms with van der Waals surface area (Å²) in [5.41, 5.74) is 4.04. The van der Waals surface area contributed by atoms with Crippen LogP contribution in [0.15, 0.2) is 18.2 Å². The number of hydrogen-bond acceptors (Lipinski definition) is 2. The Labute approximate surface area is 103 Å². The van der Waals surface area contributed by atoms with E-state index in [0.717, 1.165) is 12.8 Å². The molecule has 1 N–H and O–H groups in total. The van der Waals surface area contributed by atoms with Crippen LogP contribution in [-0.2, 0) is 0 Å². The summed E-state index contributed by atoms with van der Waals surface area (Å²) in [6.45, 7) is 4.33. The van der Waals surface area contributed by atoms with Gasteiger partial charge in [0.2, 0.25) is 0 Å². The fourth-order valence-electron chi connectivity index (χ4n) is 3.67. The Hall–Kier alpha value is -1.02. The van der Waals surface area contributed by atoms with Crippen molar-refractivity contribution in [2.75, 3.05) is 4.90 Å². The Kier molecular flexibility index (Phi) is 2.62. The molecule has 0 spiro atoms. The van der Waals surface area contributed by atoms with Crippen LogP contribution in [0.2, 0.25) is 0 Å². The van der Waals surface area contributed by atoms with Gasteiger partial charge in [0.15, 0.2) is 0 Å². The fraction of sp³-hybridized carbons (Fsp3) is 0.600. The monoisotopic (exact) mass is 231 g/mol. The minimum Gasteiger partial charge on any atom is -0.393 e. The maximum Gasteiger partial charge on any atom is 0.0579 e. The third-order valence-corrected chi connectivity index (χ3v) is 4.21. The molecule has 2 aliphatic heterocycles. The van der Waals surface area contributed by atoms with Gasteiger partial charge in [0.05, 0.1) is 6.10 Å². The number of hydrogen-bond donors (Lipinski definition) is 1. The highest BCUT2D eigenvalue weighted by molar-refractivity contribution is 5.54. The maximum absolute atomic E-state index is 9.84. The number of aliphatic hydroxyl groups excluding tert-OH is 1. The largest absolute Gasteiger partial charge is 0.393 e. The quantitative estimate of drug-likeness (QED) is 0.803. The van der Waals surface area contributed by atoms with Crippen LogP contribution in [0.3, 0.4) is 0 Å². The van der Waals surface area contributed by atoms with Crippen LogP contribution >= 0.6 is 0 Å². The van der Waals surface area contributed by atoms with Crippen LogP contribution in [0.4, 0.5) is 5.69 Å². The normalized spacial score (nSPS) is 31.9. The number of piperidine rings is 1.